The first-order chi connectivity index (χ1) is 48.5. The number of anilines is 6. The lowest BCUT2D eigenvalue weighted by Crippen LogP contribution is -2.16. The Bertz CT molecular complexity index is 5350. The van der Waals surface area contributed by atoms with Crippen LogP contribution in [0.3, 0.4) is 0 Å². The van der Waals surface area contributed by atoms with Crippen LogP contribution in [0.15, 0.2) is 316 Å². The van der Waals surface area contributed by atoms with Gasteiger partial charge in [-0.3, -0.25) is 0 Å². The molecule has 2 heteroatoms. The Morgan fingerprint density at radius 2 is 0.828 bits per heavy atom. The molecule has 4 atom stereocenters. The molecule has 0 aliphatic heterocycles. The van der Waals surface area contributed by atoms with Crippen molar-refractivity contribution in [2.45, 2.75) is 73.1 Å². The third-order valence-corrected chi connectivity index (χ3v) is 21.1. The minimum absolute atomic E-state index is 0.172. The van der Waals surface area contributed by atoms with Crippen LogP contribution in [0.4, 0.5) is 34.1 Å². The second kappa shape index (κ2) is 26.6. The van der Waals surface area contributed by atoms with Gasteiger partial charge in [-0.15, -0.1) is 0 Å². The average molecular weight is 1280 g/mol. The molecule has 0 spiro atoms. The Kier molecular flexibility index (Phi) is 16.8. The number of aryl methyl sites for hydroxylation is 4. The van der Waals surface area contributed by atoms with Crippen LogP contribution >= 0.6 is 0 Å². The summed E-state index contributed by atoms with van der Waals surface area (Å²) in [6, 6.07) is 101. The lowest BCUT2D eigenvalue weighted by molar-refractivity contribution is 0.636. The molecule has 99 heavy (non-hydrogen) atoms. The van der Waals surface area contributed by atoms with E-state index in [4.69, 9.17) is 0 Å². The molecule has 3 aliphatic rings. The molecule has 4 unspecified atom stereocenters. The number of allylic oxidation sites excluding steroid dienone is 9. The van der Waals surface area contributed by atoms with Crippen molar-refractivity contribution in [3.05, 3.63) is 360 Å². The second-order valence-electron chi connectivity index (χ2n) is 27.9. The van der Waals surface area contributed by atoms with E-state index in [1.165, 1.54) is 133 Å². The van der Waals surface area contributed by atoms with Gasteiger partial charge in [0, 0.05) is 39.6 Å². The highest BCUT2D eigenvalue weighted by Crippen LogP contribution is 2.54. The van der Waals surface area contributed by atoms with Gasteiger partial charge in [-0.1, -0.05) is 281 Å². The van der Waals surface area contributed by atoms with Crippen molar-refractivity contribution in [1.29, 1.82) is 0 Å². The molecule has 16 rings (SSSR count). The fourth-order valence-electron chi connectivity index (χ4n) is 16.3. The molecule has 13 aromatic carbocycles. The summed E-state index contributed by atoms with van der Waals surface area (Å²) in [6.07, 6.45) is 23.1. The van der Waals surface area contributed by atoms with Gasteiger partial charge in [0.25, 0.3) is 0 Å². The monoisotopic (exact) mass is 1270 g/mol. The molecule has 0 bridgehead atoms. The number of nitrogens with zero attached hydrogens (tertiary/aromatic N) is 2. The van der Waals surface area contributed by atoms with Crippen LogP contribution in [0.5, 0.6) is 0 Å². The largest absolute Gasteiger partial charge is 0.310 e. The quantitative estimate of drug-likeness (QED) is 0.100. The van der Waals surface area contributed by atoms with Gasteiger partial charge in [-0.25, -0.2) is 0 Å². The number of hydrogen-bond acceptors (Lipinski definition) is 2. The standard InChI is InChI=1S/C97H82N2/c1-63-49-51-91(68(6)53-63)98(78-42-28-41-75(56-78)97-88(80-44-22-20-29-65(80)3)59-77(71-34-14-9-15-35-71)60-89(97)81-45-23-21-30-66(81)4)93-62-90-87(82-46-24-25-47-83(82)93)61-94(84-48-26-31-67(5)95(84)90)99(92-52-50-64(2)54-69(92)7)79-43-27-40-74(55-79)96-85(72-36-16-10-17-37-72)57-76(70-32-12-8-13-33-70)58-86(96)73-38-18-11-19-39-73/h8-29,32-62,65-67,80H,30-31H2,1-7H3. The van der Waals surface area contributed by atoms with Gasteiger partial charge in [0.1, 0.15) is 0 Å². The van der Waals surface area contributed by atoms with Crippen LogP contribution in [0.1, 0.15) is 90.0 Å². The lowest BCUT2D eigenvalue weighted by Gasteiger charge is -2.34. The molecule has 0 saturated heterocycles. The van der Waals surface area contributed by atoms with E-state index in [-0.39, 0.29) is 11.8 Å². The third kappa shape index (κ3) is 11.8. The molecule has 0 saturated carbocycles. The van der Waals surface area contributed by atoms with E-state index in [0.29, 0.717) is 11.8 Å². The van der Waals surface area contributed by atoms with Gasteiger partial charge in [0.05, 0.1) is 11.4 Å². The maximum Gasteiger partial charge on any atom is 0.0546 e. The fourth-order valence-corrected chi connectivity index (χ4v) is 16.3. The summed E-state index contributed by atoms with van der Waals surface area (Å²) < 4.78 is 0. The number of fused-ring (bicyclic) bond motifs is 5. The Morgan fingerprint density at radius 3 is 1.40 bits per heavy atom. The van der Waals surface area contributed by atoms with Crippen molar-refractivity contribution in [3.8, 4) is 66.8 Å². The van der Waals surface area contributed by atoms with E-state index in [1.807, 2.05) is 0 Å². The Labute approximate surface area is 585 Å². The smallest absolute Gasteiger partial charge is 0.0546 e. The molecular formula is C97H82N2. The average Bonchev–Trinajstić information content (AvgIpc) is 0.725. The van der Waals surface area contributed by atoms with Crippen molar-refractivity contribution in [1.82, 2.24) is 0 Å². The predicted octanol–water partition coefficient (Wildman–Crippen LogP) is 27.5. The number of hydrogen-bond donors (Lipinski definition) is 0. The first-order valence-electron chi connectivity index (χ1n) is 35.5. The van der Waals surface area contributed by atoms with E-state index in [2.05, 4.69) is 380 Å². The van der Waals surface area contributed by atoms with E-state index in [1.54, 1.807) is 0 Å². The SMILES string of the molecule is Cc1ccc(N(c2cccc(-c3c(-c4ccccc4)cc(-c4ccccc4)cc3-c3ccccc3)c2)c2cc3c(cc(N(c4cccc(-c5c(C6=CC=CCC6C)cc(-c6ccccc6)cc5C5C=CC=CC5C)c4)c4ccc(C)cc4C)c4ccccc43)c3c2C=CCC3C)c(C)c1. The molecule has 2 nitrogen and oxygen atoms in total. The highest BCUT2D eigenvalue weighted by atomic mass is 15.2. The molecule has 0 fully saturated rings. The Hall–Kier alpha value is -11.3. The normalized spacial score (nSPS) is 16.3. The summed E-state index contributed by atoms with van der Waals surface area (Å²) in [7, 11) is 0. The first-order valence-corrected chi connectivity index (χ1v) is 35.5. The van der Waals surface area contributed by atoms with Crippen molar-refractivity contribution in [2.24, 2.45) is 11.8 Å². The maximum atomic E-state index is 2.59. The summed E-state index contributed by atoms with van der Waals surface area (Å²) in [5.41, 5.74) is 32.8. The van der Waals surface area contributed by atoms with E-state index < -0.39 is 0 Å². The molecule has 0 heterocycles. The van der Waals surface area contributed by atoms with Crippen molar-refractivity contribution < 1.29 is 0 Å². The third-order valence-electron chi connectivity index (χ3n) is 21.1. The van der Waals surface area contributed by atoms with E-state index >= 15 is 0 Å². The zero-order valence-corrected chi connectivity index (χ0v) is 57.7. The van der Waals surface area contributed by atoms with Crippen LogP contribution in [-0.4, -0.2) is 0 Å². The highest BCUT2D eigenvalue weighted by molar-refractivity contribution is 6.18. The van der Waals surface area contributed by atoms with Gasteiger partial charge in [-0.2, -0.15) is 0 Å². The molecule has 0 aromatic heterocycles. The first kappa shape index (κ1) is 62.5. The molecule has 3 aliphatic carbocycles. The van der Waals surface area contributed by atoms with Crippen molar-refractivity contribution in [2.75, 3.05) is 9.80 Å². The van der Waals surface area contributed by atoms with Gasteiger partial charge in [-0.05, 0) is 247 Å². The fraction of sp³-hybridized carbons (Fsp3) is 0.134. The predicted molar refractivity (Wildman–Crippen MR) is 426 cm³/mol. The molecule has 480 valence electrons. The van der Waals surface area contributed by atoms with Crippen LogP contribution in [0.2, 0.25) is 0 Å². The van der Waals surface area contributed by atoms with E-state index in [9.17, 15) is 0 Å². The Morgan fingerprint density at radius 1 is 0.333 bits per heavy atom. The minimum Gasteiger partial charge on any atom is -0.310 e. The molecule has 13 aromatic rings. The van der Waals surface area contributed by atoms with E-state index in [0.717, 1.165) is 52.5 Å². The zero-order valence-electron chi connectivity index (χ0n) is 57.7. The van der Waals surface area contributed by atoms with Crippen LogP contribution in [0.25, 0.3) is 100.0 Å². The van der Waals surface area contributed by atoms with Crippen LogP contribution in [0, 0.1) is 39.5 Å². The molecule has 0 radical (unpaired) electrons. The maximum absolute atomic E-state index is 2.59. The van der Waals surface area contributed by atoms with Crippen LogP contribution < -0.4 is 9.80 Å². The summed E-state index contributed by atoms with van der Waals surface area (Å²) in [6.45, 7) is 16.2. The second-order valence-corrected chi connectivity index (χ2v) is 27.9. The Balaban J connectivity index is 0.928. The van der Waals surface area contributed by atoms with Gasteiger partial charge >= 0.3 is 0 Å². The van der Waals surface area contributed by atoms with Crippen molar-refractivity contribution >= 4 is 67.3 Å². The van der Waals surface area contributed by atoms with Crippen LogP contribution in [-0.2, 0) is 0 Å². The number of rotatable bonds is 14. The van der Waals surface area contributed by atoms with Gasteiger partial charge < -0.3 is 9.80 Å². The van der Waals surface area contributed by atoms with Gasteiger partial charge in [0.15, 0.2) is 0 Å². The zero-order chi connectivity index (χ0) is 67.3. The number of benzene rings is 13. The topological polar surface area (TPSA) is 6.48 Å². The summed E-state index contributed by atoms with van der Waals surface area (Å²) in [4.78, 5) is 5.17. The summed E-state index contributed by atoms with van der Waals surface area (Å²) in [5, 5.41) is 4.92. The van der Waals surface area contributed by atoms with Crippen molar-refractivity contribution in [3.63, 3.8) is 0 Å². The molecule has 0 N–H and O–H groups in total. The highest BCUT2D eigenvalue weighted by Gasteiger charge is 2.31. The lowest BCUT2D eigenvalue weighted by atomic mass is 9.75. The summed E-state index contributed by atoms with van der Waals surface area (Å²) in [5.74, 6) is 1.03. The van der Waals surface area contributed by atoms with Gasteiger partial charge in [0.2, 0.25) is 0 Å². The summed E-state index contributed by atoms with van der Waals surface area (Å²) >= 11 is 0. The minimum atomic E-state index is 0.172. The molecular weight excluding hydrogens is 1190 g/mol. The molecule has 0 amide bonds.